The summed E-state index contributed by atoms with van der Waals surface area (Å²) in [6, 6.07) is 3.18. The van der Waals surface area contributed by atoms with Crippen LogP contribution in [0.25, 0.3) is 0 Å². The van der Waals surface area contributed by atoms with Crippen molar-refractivity contribution in [2.24, 2.45) is 5.92 Å². The lowest BCUT2D eigenvalue weighted by atomic mass is 9.98. The van der Waals surface area contributed by atoms with Crippen LogP contribution < -0.4 is 0 Å². The number of sulfonamides is 1. The van der Waals surface area contributed by atoms with Crippen molar-refractivity contribution < 1.29 is 34.8 Å². The summed E-state index contributed by atoms with van der Waals surface area (Å²) < 4.78 is 101. The quantitative estimate of drug-likeness (QED) is 0.754. The zero-order chi connectivity index (χ0) is 17.5. The minimum atomic E-state index is -4.70. The summed E-state index contributed by atoms with van der Waals surface area (Å²) in [4.78, 5) is -0.571. The molecular formula is C13H13F6NO2S. The Labute approximate surface area is 128 Å². The Morgan fingerprint density at radius 2 is 1.57 bits per heavy atom. The van der Waals surface area contributed by atoms with Gasteiger partial charge >= 0.3 is 12.4 Å². The van der Waals surface area contributed by atoms with E-state index < -0.39 is 51.6 Å². The number of alkyl halides is 6. The normalized spacial score (nSPS) is 19.0. The van der Waals surface area contributed by atoms with Crippen LogP contribution in [-0.2, 0) is 16.2 Å². The molecule has 0 N–H and O–H groups in total. The number of piperidine rings is 1. The van der Waals surface area contributed by atoms with E-state index in [2.05, 4.69) is 0 Å². The first kappa shape index (κ1) is 18.1. The lowest BCUT2D eigenvalue weighted by Crippen LogP contribution is -2.42. The Morgan fingerprint density at radius 3 is 2.04 bits per heavy atom. The molecule has 1 fully saturated rings. The van der Waals surface area contributed by atoms with Crippen molar-refractivity contribution in [1.29, 1.82) is 0 Å². The first-order chi connectivity index (χ1) is 10.4. The highest BCUT2D eigenvalue weighted by Crippen LogP contribution is 2.36. The molecule has 0 atom stereocenters. The van der Waals surface area contributed by atoms with E-state index in [0.29, 0.717) is 6.07 Å². The van der Waals surface area contributed by atoms with E-state index in [0.717, 1.165) is 22.5 Å². The first-order valence-corrected chi connectivity index (χ1v) is 8.10. The summed E-state index contributed by atoms with van der Waals surface area (Å²) in [7, 11) is -4.25. The number of rotatable bonds is 2. The number of nitrogens with zero attached hydrogens (tertiary/aromatic N) is 1. The maximum absolute atomic E-state index is 12.6. The summed E-state index contributed by atoms with van der Waals surface area (Å²) in [5, 5.41) is 0. The molecule has 0 amide bonds. The standard InChI is InChI=1S/C13H13F6NO2S/c14-12(15,16)9-4-6-20(7-5-9)23(21,22)11-3-1-2-10(8-11)13(17,18)19/h1-3,8-9H,4-7H2. The second kappa shape index (κ2) is 5.97. The topological polar surface area (TPSA) is 37.4 Å². The minimum Gasteiger partial charge on any atom is -0.207 e. The Balaban J connectivity index is 2.21. The third-order valence-electron chi connectivity index (χ3n) is 3.72. The van der Waals surface area contributed by atoms with E-state index in [9.17, 15) is 34.8 Å². The molecule has 0 unspecified atom stereocenters. The van der Waals surface area contributed by atoms with Gasteiger partial charge < -0.3 is 0 Å². The van der Waals surface area contributed by atoms with Gasteiger partial charge in [-0.25, -0.2) is 8.42 Å². The molecule has 1 aliphatic heterocycles. The molecule has 0 bridgehead atoms. The van der Waals surface area contributed by atoms with E-state index in [1.165, 1.54) is 0 Å². The molecule has 1 heterocycles. The zero-order valence-electron chi connectivity index (χ0n) is 11.7. The molecule has 2 rings (SSSR count). The minimum absolute atomic E-state index is 0.372. The van der Waals surface area contributed by atoms with Crippen LogP contribution in [0.15, 0.2) is 29.2 Å². The predicted molar refractivity (Wildman–Crippen MR) is 69.0 cm³/mol. The van der Waals surface area contributed by atoms with Crippen LogP contribution in [0.1, 0.15) is 18.4 Å². The molecule has 3 nitrogen and oxygen atoms in total. The van der Waals surface area contributed by atoms with Gasteiger partial charge in [0.05, 0.1) is 16.4 Å². The van der Waals surface area contributed by atoms with Crippen LogP contribution in [0.5, 0.6) is 0 Å². The molecule has 0 aromatic heterocycles. The van der Waals surface area contributed by atoms with E-state index in [-0.39, 0.29) is 13.1 Å². The third-order valence-corrected chi connectivity index (χ3v) is 5.61. The van der Waals surface area contributed by atoms with Gasteiger partial charge in [-0.1, -0.05) is 6.07 Å². The smallest absolute Gasteiger partial charge is 0.207 e. The molecule has 0 saturated carbocycles. The Bertz CT molecular complexity index is 660. The number of benzene rings is 1. The monoisotopic (exact) mass is 361 g/mol. The highest BCUT2D eigenvalue weighted by atomic mass is 32.2. The molecule has 1 aromatic carbocycles. The van der Waals surface area contributed by atoms with E-state index in [1.54, 1.807) is 0 Å². The first-order valence-electron chi connectivity index (χ1n) is 6.66. The molecule has 1 aromatic rings. The van der Waals surface area contributed by atoms with E-state index >= 15 is 0 Å². The summed E-state index contributed by atoms with van der Waals surface area (Å²) in [5.74, 6) is -1.59. The second-order valence-electron chi connectivity index (χ2n) is 5.25. The van der Waals surface area contributed by atoms with Gasteiger partial charge in [0.1, 0.15) is 0 Å². The molecule has 23 heavy (non-hydrogen) atoms. The van der Waals surface area contributed by atoms with Crippen LogP contribution in [0, 0.1) is 5.92 Å². The number of hydrogen-bond donors (Lipinski definition) is 0. The van der Waals surface area contributed by atoms with Crippen molar-refractivity contribution >= 4 is 10.0 Å². The summed E-state index contributed by atoms with van der Waals surface area (Å²) in [5.41, 5.74) is -1.12. The average Bonchev–Trinajstić information content (AvgIpc) is 2.46. The maximum Gasteiger partial charge on any atom is 0.416 e. The van der Waals surface area contributed by atoms with Crippen molar-refractivity contribution in [2.45, 2.75) is 30.1 Å². The fourth-order valence-corrected chi connectivity index (χ4v) is 3.92. The molecule has 1 aliphatic rings. The van der Waals surface area contributed by atoms with Gasteiger partial charge in [0, 0.05) is 13.1 Å². The summed E-state index contributed by atoms with van der Waals surface area (Å²) >= 11 is 0. The van der Waals surface area contributed by atoms with Gasteiger partial charge in [-0.3, -0.25) is 0 Å². The molecule has 1 saturated heterocycles. The zero-order valence-corrected chi connectivity index (χ0v) is 12.5. The van der Waals surface area contributed by atoms with Gasteiger partial charge in [0.25, 0.3) is 0 Å². The molecule has 0 spiro atoms. The Morgan fingerprint density at radius 1 is 1.00 bits per heavy atom. The highest BCUT2D eigenvalue weighted by Gasteiger charge is 2.43. The molecule has 0 radical (unpaired) electrons. The SMILES string of the molecule is O=S(=O)(c1cccc(C(F)(F)F)c1)N1CCC(C(F)(F)F)CC1. The molecule has 130 valence electrons. The summed E-state index contributed by atoms with van der Waals surface area (Å²) in [6.45, 7) is -0.745. The fraction of sp³-hybridized carbons (Fsp3) is 0.538. The van der Waals surface area contributed by atoms with Gasteiger partial charge in [-0.15, -0.1) is 0 Å². The molecule has 0 aliphatic carbocycles. The van der Waals surface area contributed by atoms with Crippen LogP contribution in [0.3, 0.4) is 0 Å². The van der Waals surface area contributed by atoms with Crippen LogP contribution >= 0.6 is 0 Å². The van der Waals surface area contributed by atoms with E-state index in [4.69, 9.17) is 0 Å². The maximum atomic E-state index is 12.6. The van der Waals surface area contributed by atoms with Crippen molar-refractivity contribution in [3.05, 3.63) is 29.8 Å². The van der Waals surface area contributed by atoms with Gasteiger partial charge in [-0.05, 0) is 31.0 Å². The van der Waals surface area contributed by atoms with Gasteiger partial charge in [0.2, 0.25) is 10.0 Å². The fourth-order valence-electron chi connectivity index (χ4n) is 2.41. The largest absolute Gasteiger partial charge is 0.416 e. The van der Waals surface area contributed by atoms with Gasteiger partial charge in [-0.2, -0.15) is 30.6 Å². The van der Waals surface area contributed by atoms with Crippen molar-refractivity contribution in [2.75, 3.05) is 13.1 Å². The predicted octanol–water partition coefficient (Wildman–Crippen LogP) is 3.67. The van der Waals surface area contributed by atoms with Crippen LogP contribution in [0.4, 0.5) is 26.3 Å². The van der Waals surface area contributed by atoms with Crippen molar-refractivity contribution in [1.82, 2.24) is 4.31 Å². The average molecular weight is 361 g/mol. The van der Waals surface area contributed by atoms with Crippen LogP contribution in [0.2, 0.25) is 0 Å². The highest BCUT2D eigenvalue weighted by molar-refractivity contribution is 7.89. The molecular weight excluding hydrogens is 348 g/mol. The van der Waals surface area contributed by atoms with E-state index in [1.807, 2.05) is 0 Å². The third kappa shape index (κ3) is 3.97. The second-order valence-corrected chi connectivity index (χ2v) is 7.18. The van der Waals surface area contributed by atoms with Crippen molar-refractivity contribution in [3.8, 4) is 0 Å². The summed E-state index contributed by atoms with van der Waals surface area (Å²) in [6.07, 6.45) is -9.90. The van der Waals surface area contributed by atoms with Gasteiger partial charge in [0.15, 0.2) is 0 Å². The Hall–Kier alpha value is -1.29. The van der Waals surface area contributed by atoms with Crippen LogP contribution in [-0.4, -0.2) is 32.0 Å². The molecule has 10 heteroatoms. The lowest BCUT2D eigenvalue weighted by Gasteiger charge is -2.32. The van der Waals surface area contributed by atoms with Crippen molar-refractivity contribution in [3.63, 3.8) is 0 Å². The Kier molecular flexibility index (Phi) is 4.69. The number of halogens is 6. The lowest BCUT2D eigenvalue weighted by molar-refractivity contribution is -0.182. The number of hydrogen-bond acceptors (Lipinski definition) is 2.